The molecule has 0 aliphatic carbocycles. The van der Waals surface area contributed by atoms with Gasteiger partial charge in [-0.1, -0.05) is 0 Å². The monoisotopic (exact) mass is 386 g/mol. The third-order valence-corrected chi connectivity index (χ3v) is 7.30. The second-order valence-electron chi connectivity index (χ2n) is 4.31. The van der Waals surface area contributed by atoms with Gasteiger partial charge in [-0.3, -0.25) is 0 Å². The Balaban J connectivity index is 1.40. The van der Waals surface area contributed by atoms with E-state index >= 15 is 0 Å². The minimum absolute atomic E-state index is 0.0866. The maximum absolute atomic E-state index is 5.77. The normalized spacial score (nSPS) is 26.1. The first-order valence-electron chi connectivity index (χ1n) is 5.86. The zero-order valence-electron chi connectivity index (χ0n) is 9.59. The van der Waals surface area contributed by atoms with Gasteiger partial charge in [-0.2, -0.15) is 0 Å². The molecule has 0 spiro atoms. The summed E-state index contributed by atoms with van der Waals surface area (Å²) in [6.07, 6.45) is 0. The molecule has 0 aromatic carbocycles. The number of hydrogen-bond acceptors (Lipinski definition) is 4. The molecular weight excluding hydrogens is 368 g/mol. The molecular formula is C12H16O2S2Te. The van der Waals surface area contributed by atoms with E-state index in [0.29, 0.717) is 0 Å². The Hall–Kier alpha value is 0.890. The van der Waals surface area contributed by atoms with Gasteiger partial charge in [-0.25, -0.2) is 0 Å². The van der Waals surface area contributed by atoms with Crippen molar-refractivity contribution >= 4 is 44.0 Å². The van der Waals surface area contributed by atoms with Crippen LogP contribution in [0.3, 0.4) is 0 Å². The summed E-state index contributed by atoms with van der Waals surface area (Å²) in [7, 11) is 0. The van der Waals surface area contributed by atoms with Crippen molar-refractivity contribution < 1.29 is 9.47 Å². The van der Waals surface area contributed by atoms with Crippen LogP contribution in [0.1, 0.15) is 9.14 Å². The summed E-state index contributed by atoms with van der Waals surface area (Å²) in [6, 6.07) is 2.26. The molecule has 2 atom stereocenters. The summed E-state index contributed by atoms with van der Waals surface area (Å²) in [4.78, 5) is 0. The molecule has 2 aliphatic heterocycles. The molecule has 2 aliphatic rings. The second-order valence-corrected chi connectivity index (χ2v) is 9.83. The molecule has 0 bridgehead atoms. The van der Waals surface area contributed by atoms with Gasteiger partial charge in [-0.15, -0.1) is 0 Å². The zero-order valence-corrected chi connectivity index (χ0v) is 13.6. The van der Waals surface area contributed by atoms with Crippen LogP contribution in [0, 0.1) is 0 Å². The molecule has 2 fully saturated rings. The van der Waals surface area contributed by atoms with Crippen LogP contribution in [-0.4, -0.2) is 55.7 Å². The van der Waals surface area contributed by atoms with Crippen LogP contribution in [0.25, 0.3) is 0 Å². The first-order chi connectivity index (χ1) is 8.42. The van der Waals surface area contributed by atoms with E-state index in [1.807, 2.05) is 23.5 Å². The Kier molecular flexibility index (Phi) is 4.83. The SMILES string of the molecule is c1cc(COCC2CS2)c(COCC2CS2)[te]1. The zero-order chi connectivity index (χ0) is 11.5. The predicted molar refractivity (Wildman–Crippen MR) is 75.2 cm³/mol. The van der Waals surface area contributed by atoms with E-state index in [0.717, 1.165) is 36.9 Å². The maximum atomic E-state index is 5.77. The van der Waals surface area contributed by atoms with Gasteiger partial charge in [0.05, 0.1) is 0 Å². The van der Waals surface area contributed by atoms with Crippen LogP contribution in [0.5, 0.6) is 0 Å². The van der Waals surface area contributed by atoms with Crippen LogP contribution < -0.4 is 0 Å². The molecule has 0 N–H and O–H groups in total. The molecule has 3 rings (SSSR count). The standard InChI is InChI=1S/C12H16O2S2Te/c1-2-17-12(6-14-5-11-8-16-11)9(1)3-13-4-10-7-15-10/h1-2,10-11H,3-8H2. The molecule has 3 heterocycles. The van der Waals surface area contributed by atoms with Gasteiger partial charge >= 0.3 is 121 Å². The fraction of sp³-hybridized carbons (Fsp3) is 0.667. The average Bonchev–Trinajstić information content (AvgIpc) is 3.22. The van der Waals surface area contributed by atoms with Crippen molar-refractivity contribution in [2.75, 3.05) is 24.7 Å². The van der Waals surface area contributed by atoms with Crippen molar-refractivity contribution in [3.05, 3.63) is 19.3 Å². The van der Waals surface area contributed by atoms with Crippen molar-refractivity contribution in [1.29, 1.82) is 0 Å². The first-order valence-corrected chi connectivity index (χ1v) is 10.5. The molecule has 17 heavy (non-hydrogen) atoms. The summed E-state index contributed by atoms with van der Waals surface area (Å²) in [5, 5.41) is 1.57. The summed E-state index contributed by atoms with van der Waals surface area (Å²) in [5.74, 6) is 2.58. The van der Waals surface area contributed by atoms with Crippen LogP contribution >= 0.6 is 23.5 Å². The molecule has 2 saturated heterocycles. The van der Waals surface area contributed by atoms with Gasteiger partial charge in [0.2, 0.25) is 0 Å². The molecule has 0 saturated carbocycles. The van der Waals surface area contributed by atoms with E-state index in [1.165, 1.54) is 17.1 Å². The average molecular weight is 384 g/mol. The van der Waals surface area contributed by atoms with Gasteiger partial charge in [-0.05, 0) is 0 Å². The summed E-state index contributed by atoms with van der Waals surface area (Å²) >= 11 is 3.91. The van der Waals surface area contributed by atoms with Crippen LogP contribution in [0.2, 0.25) is 0 Å². The summed E-state index contributed by atoms with van der Waals surface area (Å²) in [6.45, 7) is 3.52. The molecule has 1 aromatic rings. The van der Waals surface area contributed by atoms with E-state index in [9.17, 15) is 0 Å². The van der Waals surface area contributed by atoms with E-state index < -0.39 is 0 Å². The number of hydrogen-bond donors (Lipinski definition) is 0. The quantitative estimate of drug-likeness (QED) is 0.504. The van der Waals surface area contributed by atoms with E-state index in [2.05, 4.69) is 10.1 Å². The Morgan fingerprint density at radius 3 is 2.41 bits per heavy atom. The number of rotatable bonds is 8. The van der Waals surface area contributed by atoms with Crippen LogP contribution in [-0.2, 0) is 22.7 Å². The van der Waals surface area contributed by atoms with Crippen molar-refractivity contribution in [2.24, 2.45) is 0 Å². The number of ether oxygens (including phenoxy) is 2. The van der Waals surface area contributed by atoms with Crippen molar-refractivity contribution in [2.45, 2.75) is 23.7 Å². The Labute approximate surface area is 120 Å². The Bertz CT molecular complexity index is 329. The van der Waals surface area contributed by atoms with E-state index in [4.69, 9.17) is 9.47 Å². The van der Waals surface area contributed by atoms with E-state index in [1.54, 1.807) is 3.58 Å². The molecule has 94 valence electrons. The van der Waals surface area contributed by atoms with Gasteiger partial charge in [0.15, 0.2) is 0 Å². The first kappa shape index (κ1) is 12.9. The van der Waals surface area contributed by atoms with Gasteiger partial charge in [0, 0.05) is 0 Å². The van der Waals surface area contributed by atoms with Gasteiger partial charge < -0.3 is 0 Å². The molecule has 0 amide bonds. The molecule has 1 aromatic heterocycles. The van der Waals surface area contributed by atoms with Crippen LogP contribution in [0.4, 0.5) is 0 Å². The minimum atomic E-state index is -0.0866. The van der Waals surface area contributed by atoms with Gasteiger partial charge in [0.25, 0.3) is 0 Å². The fourth-order valence-electron chi connectivity index (χ4n) is 1.53. The molecule has 5 heteroatoms. The third kappa shape index (κ3) is 4.49. The second kappa shape index (κ2) is 6.36. The Morgan fingerprint density at radius 2 is 1.76 bits per heavy atom. The predicted octanol–water partition coefficient (Wildman–Crippen LogP) is 2.01. The van der Waals surface area contributed by atoms with Crippen molar-refractivity contribution in [3.63, 3.8) is 0 Å². The van der Waals surface area contributed by atoms with Crippen LogP contribution in [0.15, 0.2) is 10.1 Å². The van der Waals surface area contributed by atoms with Crippen molar-refractivity contribution in [1.82, 2.24) is 0 Å². The van der Waals surface area contributed by atoms with E-state index in [-0.39, 0.29) is 20.4 Å². The fourth-order valence-corrected chi connectivity index (χ4v) is 4.74. The van der Waals surface area contributed by atoms with Crippen molar-refractivity contribution in [3.8, 4) is 0 Å². The number of thioether (sulfide) groups is 2. The molecule has 2 nitrogen and oxygen atoms in total. The topological polar surface area (TPSA) is 18.5 Å². The van der Waals surface area contributed by atoms with Gasteiger partial charge in [0.1, 0.15) is 0 Å². The molecule has 0 radical (unpaired) electrons. The molecule has 2 unspecified atom stereocenters. The summed E-state index contributed by atoms with van der Waals surface area (Å²) < 4.78 is 15.4. The third-order valence-electron chi connectivity index (χ3n) is 2.74. The summed E-state index contributed by atoms with van der Waals surface area (Å²) in [5.41, 5.74) is 1.40. The Morgan fingerprint density at radius 1 is 1.12 bits per heavy atom.